The van der Waals surface area contributed by atoms with Crippen molar-refractivity contribution in [2.75, 3.05) is 0 Å². The van der Waals surface area contributed by atoms with Crippen molar-refractivity contribution in [2.45, 2.75) is 119 Å². The first-order valence-corrected chi connectivity index (χ1v) is 13.1. The van der Waals surface area contributed by atoms with Crippen LogP contribution >= 0.6 is 0 Å². The van der Waals surface area contributed by atoms with Gasteiger partial charge in [0.2, 0.25) is 0 Å². The number of hydrogen-bond acceptors (Lipinski definition) is 0. The van der Waals surface area contributed by atoms with Crippen LogP contribution in [0.4, 0.5) is 0 Å². The predicted octanol–water partition coefficient (Wildman–Crippen LogP) is 9.61. The molecule has 172 valence electrons. The Hall–Kier alpha value is -0.960. The summed E-state index contributed by atoms with van der Waals surface area (Å²) in [7, 11) is 0. The molecule has 0 amide bonds. The highest BCUT2D eigenvalue weighted by Crippen LogP contribution is 2.56. The summed E-state index contributed by atoms with van der Waals surface area (Å²) in [6.07, 6.45) is 27.8. The van der Waals surface area contributed by atoms with E-state index < -0.39 is 0 Å². The van der Waals surface area contributed by atoms with Crippen LogP contribution in [-0.4, -0.2) is 0 Å². The van der Waals surface area contributed by atoms with Crippen molar-refractivity contribution < 1.29 is 0 Å². The number of hydrogen-bond donors (Lipinski definition) is 0. The van der Waals surface area contributed by atoms with E-state index in [9.17, 15) is 0 Å². The SMILES string of the molecule is C#C.C=C(C)CCCC1CCCC2CC=C3CC(C)CCC3(C)C2CCC1C.CC. The molecule has 0 aromatic heterocycles. The Morgan fingerprint density at radius 2 is 1.80 bits per heavy atom. The molecule has 0 spiro atoms. The van der Waals surface area contributed by atoms with Crippen LogP contribution in [0.1, 0.15) is 119 Å². The number of rotatable bonds is 4. The predicted molar refractivity (Wildman–Crippen MR) is 136 cm³/mol. The summed E-state index contributed by atoms with van der Waals surface area (Å²) in [5.41, 5.74) is 3.75. The smallest absolute Gasteiger partial charge is 0.00852 e. The molecule has 6 atom stereocenters. The second-order valence-corrected chi connectivity index (χ2v) is 10.7. The molecule has 0 aromatic carbocycles. The van der Waals surface area contributed by atoms with Crippen molar-refractivity contribution in [3.8, 4) is 12.8 Å². The number of terminal acetylenes is 1. The molecular weight excluding hydrogens is 360 g/mol. The molecular formula is C30H52. The van der Waals surface area contributed by atoms with Gasteiger partial charge < -0.3 is 0 Å². The van der Waals surface area contributed by atoms with Gasteiger partial charge in [0.1, 0.15) is 0 Å². The van der Waals surface area contributed by atoms with E-state index in [2.05, 4.69) is 53.2 Å². The van der Waals surface area contributed by atoms with Gasteiger partial charge in [-0.05, 0) is 99.7 Å². The maximum absolute atomic E-state index is 4.10. The molecule has 0 nitrogen and oxygen atoms in total. The zero-order valence-corrected chi connectivity index (χ0v) is 21.3. The Labute approximate surface area is 190 Å². The summed E-state index contributed by atoms with van der Waals surface area (Å²) < 4.78 is 0. The van der Waals surface area contributed by atoms with Gasteiger partial charge in [0.05, 0.1) is 0 Å². The first-order valence-electron chi connectivity index (χ1n) is 13.1. The van der Waals surface area contributed by atoms with Gasteiger partial charge in [0, 0.05) is 0 Å². The fraction of sp³-hybridized carbons (Fsp3) is 0.800. The topological polar surface area (TPSA) is 0 Å². The van der Waals surface area contributed by atoms with Crippen molar-refractivity contribution in [3.63, 3.8) is 0 Å². The van der Waals surface area contributed by atoms with Gasteiger partial charge in [-0.3, -0.25) is 0 Å². The highest BCUT2D eigenvalue weighted by molar-refractivity contribution is 5.22. The Morgan fingerprint density at radius 1 is 1.10 bits per heavy atom. The van der Waals surface area contributed by atoms with E-state index in [1.165, 1.54) is 82.6 Å². The van der Waals surface area contributed by atoms with Crippen LogP contribution in [0.2, 0.25) is 0 Å². The average Bonchev–Trinajstić information content (AvgIpc) is 2.82. The molecule has 0 aromatic rings. The van der Waals surface area contributed by atoms with Crippen LogP contribution in [0.3, 0.4) is 0 Å². The Morgan fingerprint density at radius 3 is 2.47 bits per heavy atom. The van der Waals surface area contributed by atoms with Crippen molar-refractivity contribution >= 4 is 0 Å². The lowest BCUT2D eigenvalue weighted by atomic mass is 9.54. The summed E-state index contributed by atoms with van der Waals surface area (Å²) >= 11 is 0. The minimum absolute atomic E-state index is 0.537. The third-order valence-electron chi connectivity index (χ3n) is 8.58. The number of fused-ring (bicyclic) bond motifs is 3. The fourth-order valence-electron chi connectivity index (χ4n) is 6.71. The van der Waals surface area contributed by atoms with E-state index >= 15 is 0 Å². The summed E-state index contributed by atoms with van der Waals surface area (Å²) in [6, 6.07) is 0. The summed E-state index contributed by atoms with van der Waals surface area (Å²) in [5, 5.41) is 0. The van der Waals surface area contributed by atoms with E-state index in [-0.39, 0.29) is 0 Å². The van der Waals surface area contributed by atoms with Gasteiger partial charge in [-0.2, -0.15) is 0 Å². The van der Waals surface area contributed by atoms with Crippen molar-refractivity contribution in [2.24, 2.45) is 35.0 Å². The van der Waals surface area contributed by atoms with Gasteiger partial charge in [-0.1, -0.05) is 71.1 Å². The lowest BCUT2D eigenvalue weighted by Gasteiger charge is -2.51. The summed E-state index contributed by atoms with van der Waals surface area (Å²) in [6.45, 7) is 18.0. The third kappa shape index (κ3) is 7.04. The molecule has 2 saturated carbocycles. The second-order valence-electron chi connectivity index (χ2n) is 10.7. The number of allylic oxidation sites excluding steroid dienone is 3. The molecule has 3 aliphatic rings. The molecule has 3 rings (SSSR count). The molecule has 6 unspecified atom stereocenters. The van der Waals surface area contributed by atoms with Crippen LogP contribution in [-0.2, 0) is 0 Å². The van der Waals surface area contributed by atoms with Gasteiger partial charge in [0.25, 0.3) is 0 Å². The first kappa shape index (κ1) is 27.1. The zero-order chi connectivity index (χ0) is 22.7. The van der Waals surface area contributed by atoms with Crippen molar-refractivity contribution in [3.05, 3.63) is 23.8 Å². The second kappa shape index (κ2) is 13.5. The normalized spacial score (nSPS) is 35.9. The highest BCUT2D eigenvalue weighted by atomic mass is 14.5. The van der Waals surface area contributed by atoms with Crippen LogP contribution in [0, 0.1) is 47.9 Å². The first-order chi connectivity index (χ1) is 14.4. The van der Waals surface area contributed by atoms with Crippen LogP contribution in [0.5, 0.6) is 0 Å². The maximum Gasteiger partial charge on any atom is -0.00852 e. The average molecular weight is 413 g/mol. The largest absolute Gasteiger partial charge is 0.124 e. The van der Waals surface area contributed by atoms with E-state index in [1.54, 1.807) is 0 Å². The van der Waals surface area contributed by atoms with Crippen LogP contribution < -0.4 is 0 Å². The molecule has 30 heavy (non-hydrogen) atoms. The van der Waals surface area contributed by atoms with Gasteiger partial charge in [0.15, 0.2) is 0 Å². The van der Waals surface area contributed by atoms with E-state index in [4.69, 9.17) is 0 Å². The van der Waals surface area contributed by atoms with E-state index in [0.29, 0.717) is 5.41 Å². The lowest BCUT2D eigenvalue weighted by Crippen LogP contribution is -2.41. The maximum atomic E-state index is 4.10. The van der Waals surface area contributed by atoms with E-state index in [1.807, 2.05) is 19.4 Å². The summed E-state index contributed by atoms with van der Waals surface area (Å²) in [5.74, 6) is 4.73. The van der Waals surface area contributed by atoms with Gasteiger partial charge >= 0.3 is 0 Å². The standard InChI is InChI=1S/C26H44.C2H6.C2H2/c1-19(2)8-6-9-22-10-7-11-23-13-14-24-18-20(3)16-17-26(24,5)25(23)15-12-21(22)4;2*1-2/h14,20-23,25H,1,6-13,15-18H2,2-5H3;1-2H3;1-2H. The molecule has 0 heteroatoms. The molecule has 3 aliphatic carbocycles. The lowest BCUT2D eigenvalue weighted by molar-refractivity contribution is 0.0793. The highest BCUT2D eigenvalue weighted by Gasteiger charge is 2.46. The fourth-order valence-corrected chi connectivity index (χ4v) is 6.71. The van der Waals surface area contributed by atoms with Crippen molar-refractivity contribution in [1.82, 2.24) is 0 Å². The molecule has 0 radical (unpaired) electrons. The summed E-state index contributed by atoms with van der Waals surface area (Å²) in [4.78, 5) is 0. The van der Waals surface area contributed by atoms with Crippen LogP contribution in [0.15, 0.2) is 23.8 Å². The zero-order valence-electron chi connectivity index (χ0n) is 21.3. The monoisotopic (exact) mass is 412 g/mol. The third-order valence-corrected chi connectivity index (χ3v) is 8.58. The molecule has 0 bridgehead atoms. The Kier molecular flexibility index (Phi) is 12.1. The Balaban J connectivity index is 0.00000106. The van der Waals surface area contributed by atoms with Crippen LogP contribution in [0.25, 0.3) is 0 Å². The quantitative estimate of drug-likeness (QED) is 0.318. The molecule has 2 fully saturated rings. The minimum atomic E-state index is 0.537. The van der Waals surface area contributed by atoms with E-state index in [0.717, 1.165) is 29.6 Å². The Bertz CT molecular complexity index is 550. The van der Waals surface area contributed by atoms with Crippen molar-refractivity contribution in [1.29, 1.82) is 0 Å². The van der Waals surface area contributed by atoms with Gasteiger partial charge in [-0.25, -0.2) is 0 Å². The minimum Gasteiger partial charge on any atom is -0.124 e. The molecule has 0 saturated heterocycles. The van der Waals surface area contributed by atoms with Gasteiger partial charge in [-0.15, -0.1) is 19.4 Å². The molecule has 0 heterocycles. The molecule has 0 N–H and O–H groups in total. The molecule has 0 aliphatic heterocycles.